The van der Waals surface area contributed by atoms with Crippen LogP contribution in [-0.2, 0) is 0 Å². The SMILES string of the molecule is CSc1ccc2cc(C(=O)N[C@H]3CCCC[C@@H]3CNCC3(C#N)CC3)[nH]c2c1. The fourth-order valence-corrected chi connectivity index (χ4v) is 4.66. The molecular weight excluding hydrogens is 368 g/mol. The molecule has 1 aromatic heterocycles. The van der Waals surface area contributed by atoms with Gasteiger partial charge in [0.25, 0.3) is 5.91 Å². The zero-order valence-corrected chi connectivity index (χ0v) is 17.2. The van der Waals surface area contributed by atoms with Crippen LogP contribution in [0.2, 0.25) is 0 Å². The number of rotatable bonds is 7. The van der Waals surface area contributed by atoms with Crippen molar-refractivity contribution in [1.82, 2.24) is 15.6 Å². The van der Waals surface area contributed by atoms with Gasteiger partial charge in [-0.3, -0.25) is 4.79 Å². The monoisotopic (exact) mass is 396 g/mol. The first kappa shape index (κ1) is 19.4. The fourth-order valence-electron chi connectivity index (χ4n) is 4.22. The Morgan fingerprint density at radius 3 is 2.89 bits per heavy atom. The Balaban J connectivity index is 1.38. The number of benzene rings is 1. The number of thioether (sulfide) groups is 1. The van der Waals surface area contributed by atoms with Crippen molar-refractivity contribution in [2.75, 3.05) is 19.3 Å². The number of hydrogen-bond donors (Lipinski definition) is 3. The van der Waals surface area contributed by atoms with E-state index >= 15 is 0 Å². The third-order valence-corrected chi connectivity index (χ3v) is 6.99. The molecule has 1 heterocycles. The molecule has 148 valence electrons. The summed E-state index contributed by atoms with van der Waals surface area (Å²) in [5.74, 6) is 0.411. The Kier molecular flexibility index (Phi) is 5.65. The molecule has 2 atom stereocenters. The zero-order valence-electron chi connectivity index (χ0n) is 16.4. The van der Waals surface area contributed by atoms with Crippen LogP contribution in [0.25, 0.3) is 10.9 Å². The summed E-state index contributed by atoms with van der Waals surface area (Å²) >= 11 is 1.70. The van der Waals surface area contributed by atoms with E-state index in [0.29, 0.717) is 11.6 Å². The number of nitrogens with zero attached hydrogens (tertiary/aromatic N) is 1. The van der Waals surface area contributed by atoms with Gasteiger partial charge in [0.1, 0.15) is 5.69 Å². The van der Waals surface area contributed by atoms with Gasteiger partial charge in [-0.1, -0.05) is 18.9 Å². The van der Waals surface area contributed by atoms with Gasteiger partial charge < -0.3 is 15.6 Å². The predicted molar refractivity (Wildman–Crippen MR) is 113 cm³/mol. The summed E-state index contributed by atoms with van der Waals surface area (Å²) in [6.07, 6.45) is 8.61. The maximum absolute atomic E-state index is 12.9. The Morgan fingerprint density at radius 2 is 2.14 bits per heavy atom. The number of hydrogen-bond acceptors (Lipinski definition) is 4. The maximum atomic E-state index is 12.9. The highest BCUT2D eigenvalue weighted by Crippen LogP contribution is 2.44. The van der Waals surface area contributed by atoms with Crippen molar-refractivity contribution >= 4 is 28.6 Å². The molecule has 4 rings (SSSR count). The lowest BCUT2D eigenvalue weighted by Gasteiger charge is -2.32. The minimum absolute atomic E-state index is 0.0190. The summed E-state index contributed by atoms with van der Waals surface area (Å²) < 4.78 is 0. The van der Waals surface area contributed by atoms with Gasteiger partial charge in [0, 0.05) is 28.4 Å². The lowest BCUT2D eigenvalue weighted by molar-refractivity contribution is 0.0901. The number of aromatic amines is 1. The van der Waals surface area contributed by atoms with Crippen molar-refractivity contribution in [3.63, 3.8) is 0 Å². The Hall–Kier alpha value is -1.97. The topological polar surface area (TPSA) is 80.7 Å². The average molecular weight is 397 g/mol. The van der Waals surface area contributed by atoms with Crippen molar-refractivity contribution < 1.29 is 4.79 Å². The molecule has 2 aliphatic rings. The van der Waals surface area contributed by atoms with Gasteiger partial charge in [-0.2, -0.15) is 5.26 Å². The molecule has 0 radical (unpaired) electrons. The zero-order chi connectivity index (χ0) is 19.6. The molecule has 2 aromatic rings. The molecule has 3 N–H and O–H groups in total. The highest BCUT2D eigenvalue weighted by Gasteiger charge is 2.42. The molecule has 2 saturated carbocycles. The molecule has 0 aliphatic heterocycles. The van der Waals surface area contributed by atoms with E-state index < -0.39 is 0 Å². The Bertz CT molecular complexity index is 896. The number of H-pyrrole nitrogens is 1. The first-order valence-corrected chi connectivity index (χ1v) is 11.4. The van der Waals surface area contributed by atoms with Crippen molar-refractivity contribution in [3.05, 3.63) is 30.0 Å². The van der Waals surface area contributed by atoms with Gasteiger partial charge in [0.05, 0.1) is 11.5 Å². The number of fused-ring (bicyclic) bond motifs is 1. The quantitative estimate of drug-likeness (QED) is 0.616. The van der Waals surface area contributed by atoms with E-state index in [1.54, 1.807) is 11.8 Å². The molecule has 5 nitrogen and oxygen atoms in total. The number of amides is 1. The second kappa shape index (κ2) is 8.18. The van der Waals surface area contributed by atoms with E-state index in [1.807, 2.05) is 6.07 Å². The normalized spacial score (nSPS) is 23.3. The summed E-state index contributed by atoms with van der Waals surface area (Å²) in [5.41, 5.74) is 1.52. The first-order chi connectivity index (χ1) is 13.6. The lowest BCUT2D eigenvalue weighted by atomic mass is 9.84. The number of nitriles is 1. The summed E-state index contributed by atoms with van der Waals surface area (Å²) in [6, 6.07) is 10.8. The van der Waals surface area contributed by atoms with Crippen LogP contribution in [-0.4, -0.2) is 36.3 Å². The Morgan fingerprint density at radius 1 is 1.32 bits per heavy atom. The molecule has 6 heteroatoms. The van der Waals surface area contributed by atoms with E-state index in [2.05, 4.69) is 46.1 Å². The molecule has 0 saturated heterocycles. The Labute approximate surface area is 170 Å². The van der Waals surface area contributed by atoms with Gasteiger partial charge in [-0.25, -0.2) is 0 Å². The van der Waals surface area contributed by atoms with E-state index in [4.69, 9.17) is 0 Å². The van der Waals surface area contributed by atoms with Gasteiger partial charge in [0.15, 0.2) is 0 Å². The van der Waals surface area contributed by atoms with Crippen LogP contribution in [0, 0.1) is 22.7 Å². The minimum Gasteiger partial charge on any atom is -0.350 e. The third kappa shape index (κ3) is 4.21. The van der Waals surface area contributed by atoms with Crippen molar-refractivity contribution in [2.24, 2.45) is 11.3 Å². The fraction of sp³-hybridized carbons (Fsp3) is 0.545. The van der Waals surface area contributed by atoms with Crippen LogP contribution in [0.5, 0.6) is 0 Å². The van der Waals surface area contributed by atoms with Crippen molar-refractivity contribution in [3.8, 4) is 6.07 Å². The largest absolute Gasteiger partial charge is 0.350 e. The number of nitrogens with one attached hydrogen (secondary N) is 3. The van der Waals surface area contributed by atoms with Crippen LogP contribution in [0.1, 0.15) is 49.0 Å². The molecular formula is C22H28N4OS. The third-order valence-electron chi connectivity index (χ3n) is 6.26. The molecule has 28 heavy (non-hydrogen) atoms. The van der Waals surface area contributed by atoms with Crippen molar-refractivity contribution in [2.45, 2.75) is 49.5 Å². The smallest absolute Gasteiger partial charge is 0.267 e. The summed E-state index contributed by atoms with van der Waals surface area (Å²) in [4.78, 5) is 17.3. The van der Waals surface area contributed by atoms with Gasteiger partial charge in [-0.05, 0) is 62.6 Å². The standard InChI is InChI=1S/C22H28N4OS/c1-28-17-7-6-15-10-20(25-19(15)11-17)21(27)26-18-5-3-2-4-16(18)12-24-14-22(13-23)8-9-22/h6-7,10-11,16,18,24-25H,2-5,8-9,12,14H2,1H3,(H,26,27)/t16-,18+/m1/s1. The van der Waals surface area contributed by atoms with Gasteiger partial charge in [0.2, 0.25) is 0 Å². The summed E-state index contributed by atoms with van der Waals surface area (Å²) in [6.45, 7) is 1.65. The van der Waals surface area contributed by atoms with Crippen LogP contribution in [0.15, 0.2) is 29.2 Å². The number of aromatic nitrogens is 1. The molecule has 0 bridgehead atoms. The highest BCUT2D eigenvalue weighted by atomic mass is 32.2. The predicted octanol–water partition coefficient (Wildman–Crippen LogP) is 4.07. The molecule has 0 spiro atoms. The minimum atomic E-state index is -0.118. The van der Waals surface area contributed by atoms with Crippen LogP contribution < -0.4 is 10.6 Å². The molecule has 1 amide bonds. The van der Waals surface area contributed by atoms with E-state index in [9.17, 15) is 10.1 Å². The van der Waals surface area contributed by atoms with Crippen LogP contribution in [0.4, 0.5) is 0 Å². The van der Waals surface area contributed by atoms with E-state index in [1.165, 1.54) is 11.3 Å². The lowest BCUT2D eigenvalue weighted by Crippen LogP contribution is -2.46. The van der Waals surface area contributed by atoms with Crippen LogP contribution >= 0.6 is 11.8 Å². The van der Waals surface area contributed by atoms with Gasteiger partial charge >= 0.3 is 0 Å². The van der Waals surface area contributed by atoms with Gasteiger partial charge in [-0.15, -0.1) is 11.8 Å². The number of carbonyl (C=O) groups is 1. The van der Waals surface area contributed by atoms with Crippen molar-refractivity contribution in [1.29, 1.82) is 5.26 Å². The van der Waals surface area contributed by atoms with Crippen LogP contribution in [0.3, 0.4) is 0 Å². The summed E-state index contributed by atoms with van der Waals surface area (Å²) in [5, 5.41) is 17.1. The molecule has 0 unspecified atom stereocenters. The van der Waals surface area contributed by atoms with E-state index in [0.717, 1.165) is 56.1 Å². The average Bonchev–Trinajstić information content (AvgIpc) is 3.37. The maximum Gasteiger partial charge on any atom is 0.267 e. The summed E-state index contributed by atoms with van der Waals surface area (Å²) in [7, 11) is 0. The molecule has 2 fully saturated rings. The second-order valence-corrected chi connectivity index (χ2v) is 9.16. The molecule has 2 aliphatic carbocycles. The second-order valence-electron chi connectivity index (χ2n) is 8.28. The molecule has 1 aromatic carbocycles. The number of carbonyl (C=O) groups excluding carboxylic acids is 1. The first-order valence-electron chi connectivity index (χ1n) is 10.2. The highest BCUT2D eigenvalue weighted by molar-refractivity contribution is 7.98. The van der Waals surface area contributed by atoms with E-state index in [-0.39, 0.29) is 17.4 Å².